The number of hydrogen-bond acceptors (Lipinski definition) is 8. The Hall–Kier alpha value is -4.09. The molecule has 0 spiro atoms. The number of nitrogens with one attached hydrogen (secondary N) is 2. The molecule has 0 amide bonds. The standard InChI is InChI=1S/C28H29FN6O3S/c1-39(36,37)19-30-11-2-3-12-38-24-8-9-26-25(15-24)28(32-18-31-26)34-23-7-10-27-21(14-23)16-33-35(27)17-20-5-4-6-22(29)13-20/h4-10,13-16,18,30H,2-3,11-12,17,19H2,1H3,(H,31,32,34). The molecular formula is C28H29FN6O3S. The highest BCUT2D eigenvalue weighted by Crippen LogP contribution is 2.28. The van der Waals surface area contributed by atoms with Crippen molar-refractivity contribution in [2.45, 2.75) is 19.4 Å². The predicted octanol–water partition coefficient (Wildman–Crippen LogP) is 4.66. The normalized spacial score (nSPS) is 11.7. The Morgan fingerprint density at radius 2 is 1.92 bits per heavy atom. The van der Waals surface area contributed by atoms with Gasteiger partial charge < -0.3 is 15.4 Å². The molecule has 2 N–H and O–H groups in total. The first-order valence-corrected chi connectivity index (χ1v) is 14.6. The number of nitrogens with zero attached hydrogens (tertiary/aromatic N) is 4. The molecule has 2 heterocycles. The summed E-state index contributed by atoms with van der Waals surface area (Å²) in [5.41, 5.74) is 3.42. The quantitative estimate of drug-likeness (QED) is 0.217. The number of halogens is 1. The van der Waals surface area contributed by atoms with Gasteiger partial charge in [0.2, 0.25) is 0 Å². The van der Waals surface area contributed by atoms with E-state index in [0.29, 0.717) is 31.3 Å². The van der Waals surface area contributed by atoms with Gasteiger partial charge in [-0.3, -0.25) is 4.68 Å². The van der Waals surface area contributed by atoms with Gasteiger partial charge in [0, 0.05) is 22.7 Å². The van der Waals surface area contributed by atoms with Crippen molar-refractivity contribution in [3.05, 3.63) is 84.6 Å². The van der Waals surface area contributed by atoms with Crippen molar-refractivity contribution < 1.29 is 17.5 Å². The van der Waals surface area contributed by atoms with Crippen LogP contribution in [0.15, 0.2) is 73.2 Å². The van der Waals surface area contributed by atoms with E-state index in [1.54, 1.807) is 12.3 Å². The number of unbranched alkanes of at least 4 members (excludes halogenated alkanes) is 1. The Bertz CT molecular complexity index is 1710. The molecule has 5 aromatic rings. The molecule has 0 fully saturated rings. The van der Waals surface area contributed by atoms with Crippen molar-refractivity contribution in [2.24, 2.45) is 0 Å². The summed E-state index contributed by atoms with van der Waals surface area (Å²) in [6, 6.07) is 18.1. The third kappa shape index (κ3) is 7.06. The van der Waals surface area contributed by atoms with Gasteiger partial charge in [-0.05, 0) is 73.5 Å². The van der Waals surface area contributed by atoms with E-state index in [0.717, 1.165) is 45.9 Å². The fourth-order valence-corrected chi connectivity index (χ4v) is 4.78. The summed E-state index contributed by atoms with van der Waals surface area (Å²) in [6.07, 6.45) is 6.11. The molecule has 0 atom stereocenters. The first kappa shape index (κ1) is 26.5. The molecule has 39 heavy (non-hydrogen) atoms. The van der Waals surface area contributed by atoms with Crippen LogP contribution in [0.4, 0.5) is 15.9 Å². The predicted molar refractivity (Wildman–Crippen MR) is 150 cm³/mol. The summed E-state index contributed by atoms with van der Waals surface area (Å²) in [6.45, 7) is 1.60. The highest BCUT2D eigenvalue weighted by molar-refractivity contribution is 7.90. The lowest BCUT2D eigenvalue weighted by Crippen LogP contribution is -2.23. The Kier molecular flexibility index (Phi) is 7.99. The fraction of sp³-hybridized carbons (Fsp3) is 0.250. The number of hydrogen-bond donors (Lipinski definition) is 2. The molecular weight excluding hydrogens is 519 g/mol. The van der Waals surface area contributed by atoms with Crippen molar-refractivity contribution >= 4 is 43.1 Å². The average Bonchev–Trinajstić information content (AvgIpc) is 3.29. The minimum atomic E-state index is -3.01. The van der Waals surface area contributed by atoms with E-state index >= 15 is 0 Å². The summed E-state index contributed by atoms with van der Waals surface area (Å²) in [5, 5.41) is 12.6. The van der Waals surface area contributed by atoms with Crippen LogP contribution in [0.3, 0.4) is 0 Å². The SMILES string of the molecule is CS(=O)(=O)CNCCCCOc1ccc2ncnc(Nc3ccc4c(cnn4Cc4cccc(F)c4)c3)c2c1. The van der Waals surface area contributed by atoms with Crippen LogP contribution < -0.4 is 15.4 Å². The van der Waals surface area contributed by atoms with Gasteiger partial charge >= 0.3 is 0 Å². The fourth-order valence-electron chi connectivity index (χ4n) is 4.26. The minimum absolute atomic E-state index is 0.0154. The first-order valence-electron chi connectivity index (χ1n) is 12.6. The largest absolute Gasteiger partial charge is 0.494 e. The lowest BCUT2D eigenvalue weighted by molar-refractivity contribution is 0.306. The Balaban J connectivity index is 1.24. The molecule has 3 aromatic carbocycles. The van der Waals surface area contributed by atoms with Gasteiger partial charge in [0.25, 0.3) is 0 Å². The molecule has 0 aliphatic rings. The molecule has 0 aliphatic carbocycles. The smallest absolute Gasteiger partial charge is 0.160 e. The van der Waals surface area contributed by atoms with Crippen LogP contribution in [0.5, 0.6) is 5.75 Å². The summed E-state index contributed by atoms with van der Waals surface area (Å²) >= 11 is 0. The molecule has 0 aliphatic heterocycles. The van der Waals surface area contributed by atoms with E-state index in [4.69, 9.17) is 4.74 Å². The zero-order chi connectivity index (χ0) is 27.2. The van der Waals surface area contributed by atoms with Crippen molar-refractivity contribution in [2.75, 3.05) is 30.6 Å². The van der Waals surface area contributed by atoms with Gasteiger partial charge in [-0.1, -0.05) is 12.1 Å². The molecule has 5 rings (SSSR count). The molecule has 0 bridgehead atoms. The number of sulfone groups is 1. The molecule has 0 radical (unpaired) electrons. The zero-order valence-electron chi connectivity index (χ0n) is 21.5. The number of benzene rings is 3. The van der Waals surface area contributed by atoms with Gasteiger partial charge in [0.05, 0.1) is 36.3 Å². The first-order chi connectivity index (χ1) is 18.8. The van der Waals surface area contributed by atoms with Crippen molar-refractivity contribution in [3.63, 3.8) is 0 Å². The second-order valence-electron chi connectivity index (χ2n) is 9.36. The van der Waals surface area contributed by atoms with Crippen molar-refractivity contribution in [1.82, 2.24) is 25.1 Å². The maximum absolute atomic E-state index is 13.6. The Morgan fingerprint density at radius 3 is 2.77 bits per heavy atom. The third-order valence-electron chi connectivity index (χ3n) is 6.11. The van der Waals surface area contributed by atoms with Crippen molar-refractivity contribution in [1.29, 1.82) is 0 Å². The molecule has 202 valence electrons. The highest BCUT2D eigenvalue weighted by atomic mass is 32.2. The monoisotopic (exact) mass is 548 g/mol. The van der Waals surface area contributed by atoms with Crippen LogP contribution >= 0.6 is 0 Å². The maximum Gasteiger partial charge on any atom is 0.160 e. The van der Waals surface area contributed by atoms with Crippen LogP contribution in [-0.4, -0.2) is 53.5 Å². The second kappa shape index (κ2) is 11.7. The van der Waals surface area contributed by atoms with E-state index < -0.39 is 9.84 Å². The number of fused-ring (bicyclic) bond motifs is 2. The molecule has 2 aromatic heterocycles. The zero-order valence-corrected chi connectivity index (χ0v) is 22.3. The van der Waals surface area contributed by atoms with Crippen molar-refractivity contribution in [3.8, 4) is 5.75 Å². The van der Waals surface area contributed by atoms with Gasteiger partial charge in [-0.15, -0.1) is 0 Å². The van der Waals surface area contributed by atoms with Crippen LogP contribution in [0.2, 0.25) is 0 Å². The minimum Gasteiger partial charge on any atom is -0.494 e. The summed E-state index contributed by atoms with van der Waals surface area (Å²) < 4.78 is 43.7. The third-order valence-corrected chi connectivity index (χ3v) is 6.84. The lowest BCUT2D eigenvalue weighted by Gasteiger charge is -2.11. The van der Waals surface area contributed by atoms with Crippen LogP contribution in [0, 0.1) is 5.82 Å². The van der Waals surface area contributed by atoms with E-state index in [1.165, 1.54) is 24.7 Å². The Morgan fingerprint density at radius 1 is 1.03 bits per heavy atom. The van der Waals surface area contributed by atoms with E-state index in [-0.39, 0.29) is 11.7 Å². The number of ether oxygens (including phenoxy) is 1. The second-order valence-corrected chi connectivity index (χ2v) is 11.5. The van der Waals surface area contributed by atoms with E-state index in [9.17, 15) is 12.8 Å². The Labute approximate surface area is 226 Å². The summed E-state index contributed by atoms with van der Waals surface area (Å²) in [7, 11) is -3.01. The number of anilines is 2. The van der Waals surface area contributed by atoms with Gasteiger partial charge in [0.1, 0.15) is 23.7 Å². The molecule has 0 unspecified atom stereocenters. The van der Waals surface area contributed by atoms with Crippen LogP contribution in [0.1, 0.15) is 18.4 Å². The molecule has 0 saturated carbocycles. The van der Waals surface area contributed by atoms with Crippen LogP contribution in [0.25, 0.3) is 21.8 Å². The topological polar surface area (TPSA) is 111 Å². The van der Waals surface area contributed by atoms with Gasteiger partial charge in [-0.2, -0.15) is 5.10 Å². The van der Waals surface area contributed by atoms with E-state index in [2.05, 4.69) is 25.7 Å². The number of rotatable bonds is 12. The molecule has 11 heteroatoms. The molecule has 9 nitrogen and oxygen atoms in total. The number of aromatic nitrogens is 4. The maximum atomic E-state index is 13.6. The molecule has 0 saturated heterocycles. The average molecular weight is 549 g/mol. The van der Waals surface area contributed by atoms with Crippen LogP contribution in [-0.2, 0) is 16.4 Å². The van der Waals surface area contributed by atoms with E-state index in [1.807, 2.05) is 47.1 Å². The lowest BCUT2D eigenvalue weighted by atomic mass is 10.2. The van der Waals surface area contributed by atoms with Gasteiger partial charge in [-0.25, -0.2) is 22.8 Å². The summed E-state index contributed by atoms with van der Waals surface area (Å²) in [4.78, 5) is 8.82. The summed E-state index contributed by atoms with van der Waals surface area (Å²) in [5.74, 6) is 1.08. The highest BCUT2D eigenvalue weighted by Gasteiger charge is 2.09. The van der Waals surface area contributed by atoms with Gasteiger partial charge in [0.15, 0.2) is 9.84 Å².